The van der Waals surface area contributed by atoms with Gasteiger partial charge in [0.1, 0.15) is 36.5 Å². The molecule has 6 atom stereocenters. The number of hydrogen-bond donors (Lipinski definition) is 4. The summed E-state index contributed by atoms with van der Waals surface area (Å²) in [4.78, 5) is 46.0. The molecule has 10 rings (SSSR count). The van der Waals surface area contributed by atoms with Gasteiger partial charge in [0.15, 0.2) is 34.6 Å². The van der Waals surface area contributed by atoms with Gasteiger partial charge in [-0.1, -0.05) is 73.4 Å². The van der Waals surface area contributed by atoms with Crippen molar-refractivity contribution in [1.29, 1.82) is 0 Å². The molecular formula is C58H72Cl4F2N11O7-. The number of likely N-dealkylation sites (N-methyl/N-ethyl adjacent to an activating group) is 2. The number of fused-ring (bicyclic) bond motifs is 6. The predicted octanol–water partition coefficient (Wildman–Crippen LogP) is 13.5. The van der Waals surface area contributed by atoms with Gasteiger partial charge in [-0.25, -0.2) is 33.5 Å². The Labute approximate surface area is 498 Å². The second-order valence-electron chi connectivity index (χ2n) is 20.0. The lowest BCUT2D eigenvalue weighted by atomic mass is 9.99. The second-order valence-corrected chi connectivity index (χ2v) is 21.6. The number of nitrogens with one attached hydrogen (secondary N) is 3. The van der Waals surface area contributed by atoms with Gasteiger partial charge in [0, 0.05) is 85.2 Å². The standard InChI is InChI=1S/C28H30Cl2FN5O3.C22H21Cl2FN4O2.C6H11NO2.2CH4.H2N/c1-35(2)10-4-5-25(37)36-16-6-7-17(36)12-18(11-16)39-24-13-19-22(14-23(24)38-3)32-15-33-28(19)34-21-9-8-20(29)26(30)27(21)31;1-30-18-9-17-14(8-19(18)31-13-6-11-2-3-12(7-13)28-11)22(27-10-26-17)29-16-5-4-15(23)20(24)21(16)25;1-7(2)5-3-4-6(8)9;;;/h4-5,8-9,13-18H,6-7,10-12H2,1-3H3,(H,32,33,34);4-5,8-13,28H,2-3,6-7H2,1H3,(H,26,27,29);3-4H,5H2,1-2H3,(H,8,9);2*1H4;1H2/q;;;;;-1/b5-4+;;4-3+;;;/t16-,17+,18?;11-,12+,13?;;;;. The predicted molar refractivity (Wildman–Crippen MR) is 324 cm³/mol. The number of nitrogens with two attached hydrogens (primary N) is 1. The van der Waals surface area contributed by atoms with Crippen molar-refractivity contribution in [2.45, 2.75) is 103 Å². The number of benzene rings is 4. The molecule has 1 amide bonds. The number of carboxylic acid groups (broad SMARTS) is 1. The quantitative estimate of drug-likeness (QED) is 0.0522. The molecule has 2 unspecified atom stereocenters. The zero-order chi connectivity index (χ0) is 56.5. The Hall–Kier alpha value is -6.36. The van der Waals surface area contributed by atoms with Crippen molar-refractivity contribution in [1.82, 2.24) is 40.0 Å². The third-order valence-electron chi connectivity index (χ3n) is 13.8. The van der Waals surface area contributed by atoms with Crippen LogP contribution < -0.4 is 34.9 Å². The number of aromatic nitrogens is 4. The van der Waals surface area contributed by atoms with E-state index in [0.717, 1.165) is 51.1 Å². The number of carbonyl (C=O) groups excluding carboxylic acids is 1. The highest BCUT2D eigenvalue weighted by atomic mass is 35.5. The lowest BCUT2D eigenvalue weighted by Gasteiger charge is -2.38. The van der Waals surface area contributed by atoms with Crippen LogP contribution in [0, 0.1) is 11.6 Å². The summed E-state index contributed by atoms with van der Waals surface area (Å²) in [5.41, 5.74) is 1.55. The highest BCUT2D eigenvalue weighted by molar-refractivity contribution is 6.42. The molecule has 6 heterocycles. The second kappa shape index (κ2) is 30.3. The van der Waals surface area contributed by atoms with Crippen LogP contribution in [-0.2, 0) is 9.59 Å². The van der Waals surface area contributed by atoms with Crippen molar-refractivity contribution in [3.63, 3.8) is 0 Å². The summed E-state index contributed by atoms with van der Waals surface area (Å²) in [6, 6.07) is 14.6. The van der Waals surface area contributed by atoms with E-state index in [1.165, 1.54) is 49.8 Å². The summed E-state index contributed by atoms with van der Waals surface area (Å²) >= 11 is 23.8. The maximum atomic E-state index is 14.7. The fraction of sp³-hybridized carbons (Fsp3) is 0.414. The number of amides is 1. The smallest absolute Gasteiger partial charge is 0.328 e. The maximum Gasteiger partial charge on any atom is 0.328 e. The molecule has 4 saturated heterocycles. The molecule has 6 N–H and O–H groups in total. The molecule has 6 aromatic rings. The van der Waals surface area contributed by atoms with E-state index in [0.29, 0.717) is 75.1 Å². The van der Waals surface area contributed by atoms with Crippen LogP contribution in [0.3, 0.4) is 0 Å². The summed E-state index contributed by atoms with van der Waals surface area (Å²) < 4.78 is 53.3. The van der Waals surface area contributed by atoms with Gasteiger partial charge < -0.3 is 60.9 Å². The first kappa shape index (κ1) is 66.4. The zero-order valence-corrected chi connectivity index (χ0v) is 48.0. The van der Waals surface area contributed by atoms with E-state index in [9.17, 15) is 18.4 Å². The fourth-order valence-corrected chi connectivity index (χ4v) is 10.8. The van der Waals surface area contributed by atoms with Gasteiger partial charge in [-0.2, -0.15) is 0 Å². The number of rotatable bonds is 16. The van der Waals surface area contributed by atoms with Crippen LogP contribution in [0.4, 0.5) is 31.8 Å². The van der Waals surface area contributed by atoms with Crippen LogP contribution >= 0.6 is 46.4 Å². The lowest BCUT2D eigenvalue weighted by Crippen LogP contribution is -2.48. The number of carbonyl (C=O) groups is 2. The Morgan fingerprint density at radius 1 is 0.659 bits per heavy atom. The molecule has 4 aliphatic rings. The first-order chi connectivity index (χ1) is 37.9. The largest absolute Gasteiger partial charge is 0.693 e. The summed E-state index contributed by atoms with van der Waals surface area (Å²) in [5, 5.41) is 19.0. The molecule has 4 fully saturated rings. The number of halogens is 6. The van der Waals surface area contributed by atoms with Gasteiger partial charge in [-0.3, -0.25) is 4.79 Å². The Morgan fingerprint density at radius 3 is 1.50 bits per heavy atom. The fourth-order valence-electron chi connectivity index (χ4n) is 10.2. The van der Waals surface area contributed by atoms with Gasteiger partial charge in [0.2, 0.25) is 5.91 Å². The number of ether oxygens (including phenoxy) is 4. The maximum absolute atomic E-state index is 14.7. The molecule has 0 aliphatic carbocycles. The summed E-state index contributed by atoms with van der Waals surface area (Å²) in [6.45, 7) is 1.40. The normalized spacial score (nSPS) is 19.6. The first-order valence-corrected chi connectivity index (χ1v) is 27.1. The van der Waals surface area contributed by atoms with Crippen LogP contribution in [-0.4, -0.2) is 143 Å². The summed E-state index contributed by atoms with van der Waals surface area (Å²) in [5.74, 6) is 0.959. The highest BCUT2D eigenvalue weighted by Crippen LogP contribution is 2.43. The number of carboxylic acids is 1. The molecule has 444 valence electrons. The molecule has 4 aliphatic heterocycles. The third kappa shape index (κ3) is 16.5. The van der Waals surface area contributed by atoms with Crippen molar-refractivity contribution < 1.29 is 42.4 Å². The van der Waals surface area contributed by atoms with Crippen molar-refractivity contribution in [3.8, 4) is 23.0 Å². The molecule has 24 heteroatoms. The molecule has 2 aromatic heterocycles. The van der Waals surface area contributed by atoms with Crippen LogP contribution in [0.15, 0.2) is 85.5 Å². The Bertz CT molecular complexity index is 3210. The van der Waals surface area contributed by atoms with Crippen LogP contribution in [0.25, 0.3) is 28.0 Å². The van der Waals surface area contributed by atoms with Crippen molar-refractivity contribution in [2.24, 2.45) is 0 Å². The number of hydrogen-bond acceptors (Lipinski definition) is 15. The lowest BCUT2D eigenvalue weighted by molar-refractivity contribution is -0.132. The van der Waals surface area contributed by atoms with E-state index >= 15 is 0 Å². The van der Waals surface area contributed by atoms with Crippen LogP contribution in [0.1, 0.15) is 66.2 Å². The van der Waals surface area contributed by atoms with E-state index in [2.05, 4.69) is 35.9 Å². The molecule has 0 radical (unpaired) electrons. The average molecular weight is 1220 g/mol. The minimum atomic E-state index is -0.892. The van der Waals surface area contributed by atoms with Gasteiger partial charge in [0.25, 0.3) is 0 Å². The number of aliphatic carboxylic acids is 1. The number of methoxy groups -OCH3 is 2. The van der Waals surface area contributed by atoms with Gasteiger partial charge in [-0.05, 0) is 103 Å². The SMILES string of the molecule is C.C.CN(C)C/C=C/C(=O)O.COc1cc2ncnc(Nc3ccc(Cl)c(Cl)c3F)c2cc1OC1C[C@H]2CC[C@@H](C1)N2.COc1cc2ncnc(Nc3ccc(Cl)c(Cl)c3F)c2cc1OC1C[C@H]2CC[C@@H](C1)N2C(=O)/C=C/CN(C)C.[NH2-]. The molecule has 0 spiro atoms. The first-order valence-electron chi connectivity index (χ1n) is 25.6. The van der Waals surface area contributed by atoms with Crippen LogP contribution in [0.5, 0.6) is 23.0 Å². The number of anilines is 4. The van der Waals surface area contributed by atoms with Crippen LogP contribution in [0.2, 0.25) is 20.1 Å². The van der Waals surface area contributed by atoms with Crippen molar-refractivity contribution in [2.75, 3.05) is 66.1 Å². The summed E-state index contributed by atoms with van der Waals surface area (Å²) in [7, 11) is 10.9. The molecule has 4 bridgehead atoms. The number of piperidine rings is 2. The van der Waals surface area contributed by atoms with Gasteiger partial charge in [0.05, 0.1) is 56.7 Å². The minimum absolute atomic E-state index is 0. The number of nitrogens with zero attached hydrogens (tertiary/aromatic N) is 7. The average Bonchev–Trinajstić information content (AvgIpc) is 4.09. The van der Waals surface area contributed by atoms with E-state index in [4.69, 9.17) is 70.5 Å². The molecular weight excluding hydrogens is 1140 g/mol. The van der Waals surface area contributed by atoms with E-state index in [1.807, 2.05) is 55.0 Å². The van der Waals surface area contributed by atoms with Gasteiger partial charge >= 0.3 is 5.97 Å². The molecule has 82 heavy (non-hydrogen) atoms. The Morgan fingerprint density at radius 2 is 1.09 bits per heavy atom. The third-order valence-corrected chi connectivity index (χ3v) is 15.4. The van der Waals surface area contributed by atoms with E-state index in [-0.39, 0.29) is 82.7 Å². The van der Waals surface area contributed by atoms with Gasteiger partial charge in [-0.15, -0.1) is 0 Å². The van der Waals surface area contributed by atoms with E-state index < -0.39 is 17.6 Å². The van der Waals surface area contributed by atoms with E-state index in [1.54, 1.807) is 44.6 Å². The zero-order valence-electron chi connectivity index (χ0n) is 45.0. The topological polar surface area (TPSA) is 222 Å². The highest BCUT2D eigenvalue weighted by Gasteiger charge is 2.44. The molecule has 0 saturated carbocycles. The minimum Gasteiger partial charge on any atom is -0.693 e. The van der Waals surface area contributed by atoms with Crippen molar-refractivity contribution in [3.05, 3.63) is 123 Å². The molecule has 18 nitrogen and oxygen atoms in total. The monoisotopic (exact) mass is 1210 g/mol. The van der Waals surface area contributed by atoms with Crippen molar-refractivity contribution >= 4 is 103 Å². The Balaban J connectivity index is 0.000000257. The molecule has 4 aromatic carbocycles. The summed E-state index contributed by atoms with van der Waals surface area (Å²) in [6.07, 6.45) is 16.8. The Kier molecular flexibility index (Phi) is 24.5.